The molecule has 0 saturated heterocycles. The normalized spacial score (nSPS) is 13.0. The molecule has 1 heterocycles. The minimum absolute atomic E-state index is 0.382. The molecule has 4 nitrogen and oxygen atoms in total. The van der Waals surface area contributed by atoms with Crippen molar-refractivity contribution < 1.29 is 9.90 Å². The summed E-state index contributed by atoms with van der Waals surface area (Å²) in [5.74, 6) is -0.875. The maximum absolute atomic E-state index is 11.4. The van der Waals surface area contributed by atoms with Crippen molar-refractivity contribution in [1.29, 1.82) is 0 Å². The van der Waals surface area contributed by atoms with Gasteiger partial charge in [0.05, 0.1) is 11.1 Å². The van der Waals surface area contributed by atoms with E-state index in [1.54, 1.807) is 12.1 Å². The predicted molar refractivity (Wildman–Crippen MR) is 75.9 cm³/mol. The molecule has 98 valence electrons. The zero-order valence-corrected chi connectivity index (χ0v) is 10.7. The zero-order chi connectivity index (χ0) is 13.7. The highest BCUT2D eigenvalue weighted by Crippen LogP contribution is 2.36. The monoisotopic (exact) mass is 264 g/mol. The molecule has 4 rings (SSSR count). The van der Waals surface area contributed by atoms with Crippen molar-refractivity contribution in [3.8, 4) is 11.3 Å². The van der Waals surface area contributed by atoms with Crippen molar-refractivity contribution in [1.82, 2.24) is 10.2 Å². The second-order valence-electron chi connectivity index (χ2n) is 5.05. The van der Waals surface area contributed by atoms with Gasteiger partial charge in [-0.15, -0.1) is 0 Å². The SMILES string of the molecule is O=C(O)c1ccc2[nH]nc3c2c1CCc1ccccc1-3. The Labute approximate surface area is 115 Å². The van der Waals surface area contributed by atoms with E-state index in [1.165, 1.54) is 5.56 Å². The van der Waals surface area contributed by atoms with Crippen molar-refractivity contribution >= 4 is 16.9 Å². The Bertz CT molecular complexity index is 849. The number of nitrogens with one attached hydrogen (secondary N) is 1. The molecule has 0 spiro atoms. The smallest absolute Gasteiger partial charge is 0.335 e. The van der Waals surface area contributed by atoms with Gasteiger partial charge in [-0.05, 0) is 36.1 Å². The van der Waals surface area contributed by atoms with Crippen molar-refractivity contribution in [3.63, 3.8) is 0 Å². The Kier molecular flexibility index (Phi) is 2.21. The molecule has 0 aliphatic heterocycles. The molecule has 0 bridgehead atoms. The molecule has 1 aliphatic carbocycles. The summed E-state index contributed by atoms with van der Waals surface area (Å²) in [5.41, 5.74) is 5.35. The van der Waals surface area contributed by atoms with Crippen molar-refractivity contribution in [2.45, 2.75) is 12.8 Å². The van der Waals surface area contributed by atoms with Crippen LogP contribution in [0.4, 0.5) is 0 Å². The van der Waals surface area contributed by atoms with Crippen LogP contribution in [-0.4, -0.2) is 21.3 Å². The number of rotatable bonds is 1. The average molecular weight is 264 g/mol. The van der Waals surface area contributed by atoms with Crippen LogP contribution in [0.1, 0.15) is 21.5 Å². The van der Waals surface area contributed by atoms with Crippen LogP contribution < -0.4 is 0 Å². The Morgan fingerprint density at radius 1 is 1.15 bits per heavy atom. The van der Waals surface area contributed by atoms with Crippen LogP contribution in [0.25, 0.3) is 22.2 Å². The maximum Gasteiger partial charge on any atom is 0.335 e. The first-order valence-corrected chi connectivity index (χ1v) is 6.57. The fraction of sp³-hybridized carbons (Fsp3) is 0.125. The topological polar surface area (TPSA) is 66.0 Å². The van der Waals surface area contributed by atoms with Gasteiger partial charge in [-0.2, -0.15) is 5.10 Å². The van der Waals surface area contributed by atoms with E-state index < -0.39 is 5.97 Å². The zero-order valence-electron chi connectivity index (χ0n) is 10.7. The van der Waals surface area contributed by atoms with Gasteiger partial charge in [-0.1, -0.05) is 24.3 Å². The van der Waals surface area contributed by atoms with Gasteiger partial charge >= 0.3 is 5.97 Å². The van der Waals surface area contributed by atoms with E-state index in [0.717, 1.165) is 40.6 Å². The lowest BCUT2D eigenvalue weighted by Crippen LogP contribution is -2.03. The average Bonchev–Trinajstić information content (AvgIpc) is 2.81. The molecule has 1 aromatic heterocycles. The van der Waals surface area contributed by atoms with Crippen LogP contribution in [0.2, 0.25) is 0 Å². The summed E-state index contributed by atoms with van der Waals surface area (Å²) in [6, 6.07) is 11.6. The summed E-state index contributed by atoms with van der Waals surface area (Å²) in [6.07, 6.45) is 1.56. The number of hydrogen-bond donors (Lipinski definition) is 2. The Morgan fingerprint density at radius 2 is 2.00 bits per heavy atom. The number of aryl methyl sites for hydroxylation is 2. The Morgan fingerprint density at radius 3 is 2.85 bits per heavy atom. The van der Waals surface area contributed by atoms with E-state index in [4.69, 9.17) is 0 Å². The van der Waals surface area contributed by atoms with Crippen LogP contribution in [0.3, 0.4) is 0 Å². The molecule has 2 N–H and O–H groups in total. The second-order valence-corrected chi connectivity index (χ2v) is 5.05. The first-order chi connectivity index (χ1) is 9.75. The predicted octanol–water partition coefficient (Wildman–Crippen LogP) is 3.03. The van der Waals surface area contributed by atoms with E-state index in [0.29, 0.717) is 5.56 Å². The van der Waals surface area contributed by atoms with Gasteiger partial charge in [0.25, 0.3) is 0 Å². The quantitative estimate of drug-likeness (QED) is 0.710. The summed E-state index contributed by atoms with van der Waals surface area (Å²) in [6.45, 7) is 0. The minimum atomic E-state index is -0.875. The van der Waals surface area contributed by atoms with E-state index >= 15 is 0 Å². The van der Waals surface area contributed by atoms with E-state index in [-0.39, 0.29) is 0 Å². The third-order valence-corrected chi connectivity index (χ3v) is 3.99. The maximum atomic E-state index is 11.4. The number of fused-ring (bicyclic) bond motifs is 2. The van der Waals surface area contributed by atoms with Crippen LogP contribution in [0, 0.1) is 0 Å². The number of benzene rings is 2. The fourth-order valence-electron chi connectivity index (χ4n) is 3.07. The van der Waals surface area contributed by atoms with Gasteiger partial charge in [0, 0.05) is 10.9 Å². The van der Waals surface area contributed by atoms with Crippen molar-refractivity contribution in [3.05, 3.63) is 53.1 Å². The first-order valence-electron chi connectivity index (χ1n) is 6.57. The molecular weight excluding hydrogens is 252 g/mol. The molecule has 4 heteroatoms. The van der Waals surface area contributed by atoms with Gasteiger partial charge in [-0.25, -0.2) is 4.79 Å². The molecule has 20 heavy (non-hydrogen) atoms. The van der Waals surface area contributed by atoms with Crippen molar-refractivity contribution in [2.75, 3.05) is 0 Å². The highest BCUT2D eigenvalue weighted by atomic mass is 16.4. The molecule has 0 saturated carbocycles. The molecule has 2 aromatic carbocycles. The highest BCUT2D eigenvalue weighted by Gasteiger charge is 2.22. The summed E-state index contributed by atoms with van der Waals surface area (Å²) < 4.78 is 0. The molecular formula is C16H12N2O2. The molecule has 0 amide bonds. The van der Waals surface area contributed by atoms with Crippen LogP contribution >= 0.6 is 0 Å². The molecule has 0 radical (unpaired) electrons. The first kappa shape index (κ1) is 11.2. The standard InChI is InChI=1S/C16H12N2O2/c19-16(20)12-7-8-13-14-11(12)6-5-9-3-1-2-4-10(9)15(14)18-17-13/h1-4,7-8H,5-6H2,(H,17,18)(H,19,20). The number of carbonyl (C=O) groups is 1. The third kappa shape index (κ3) is 1.42. The van der Waals surface area contributed by atoms with Crippen LogP contribution in [0.15, 0.2) is 36.4 Å². The number of aromatic nitrogens is 2. The lowest BCUT2D eigenvalue weighted by Gasteiger charge is -2.05. The lowest BCUT2D eigenvalue weighted by molar-refractivity contribution is 0.0696. The van der Waals surface area contributed by atoms with E-state index in [1.807, 2.05) is 18.2 Å². The molecule has 1 aliphatic rings. The molecule has 0 fully saturated rings. The van der Waals surface area contributed by atoms with Gasteiger partial charge in [0.2, 0.25) is 0 Å². The number of carboxylic acid groups (broad SMARTS) is 1. The number of aromatic amines is 1. The summed E-state index contributed by atoms with van der Waals surface area (Å²) in [7, 11) is 0. The Hall–Kier alpha value is -2.62. The third-order valence-electron chi connectivity index (χ3n) is 3.99. The summed E-state index contributed by atoms with van der Waals surface area (Å²) >= 11 is 0. The lowest BCUT2D eigenvalue weighted by atomic mass is 9.98. The van der Waals surface area contributed by atoms with Gasteiger partial charge in [0.15, 0.2) is 0 Å². The number of hydrogen-bond acceptors (Lipinski definition) is 2. The molecule has 0 atom stereocenters. The number of carboxylic acids is 1. The van der Waals surface area contributed by atoms with E-state index in [9.17, 15) is 9.90 Å². The van der Waals surface area contributed by atoms with Gasteiger partial charge in [-0.3, -0.25) is 5.10 Å². The number of nitrogens with zero attached hydrogens (tertiary/aromatic N) is 1. The summed E-state index contributed by atoms with van der Waals surface area (Å²) in [5, 5.41) is 17.8. The van der Waals surface area contributed by atoms with Gasteiger partial charge < -0.3 is 5.11 Å². The number of aromatic carboxylic acids is 1. The fourth-order valence-corrected chi connectivity index (χ4v) is 3.07. The largest absolute Gasteiger partial charge is 0.478 e. The van der Waals surface area contributed by atoms with Crippen LogP contribution in [-0.2, 0) is 12.8 Å². The Balaban J connectivity index is 2.13. The minimum Gasteiger partial charge on any atom is -0.478 e. The van der Waals surface area contributed by atoms with E-state index in [2.05, 4.69) is 16.3 Å². The van der Waals surface area contributed by atoms with Gasteiger partial charge in [0.1, 0.15) is 5.69 Å². The summed E-state index contributed by atoms with van der Waals surface area (Å²) in [4.78, 5) is 11.4. The molecule has 0 unspecified atom stereocenters. The highest BCUT2D eigenvalue weighted by molar-refractivity contribution is 6.03. The van der Waals surface area contributed by atoms with Crippen molar-refractivity contribution in [2.24, 2.45) is 0 Å². The second kappa shape index (κ2) is 3.93. The number of H-pyrrole nitrogens is 1. The van der Waals surface area contributed by atoms with Crippen LogP contribution in [0.5, 0.6) is 0 Å². The molecule has 3 aromatic rings.